The minimum atomic E-state index is -0.766. The van der Waals surface area contributed by atoms with Crippen LogP contribution in [0.2, 0.25) is 0 Å². The van der Waals surface area contributed by atoms with Crippen molar-refractivity contribution < 1.29 is 9.59 Å². The average molecular weight is 296 g/mol. The number of aromatic nitrogens is 1. The van der Waals surface area contributed by atoms with Crippen LogP contribution < -0.4 is 10.6 Å². The summed E-state index contributed by atoms with van der Waals surface area (Å²) in [6, 6.07) is 8.78. The lowest BCUT2D eigenvalue weighted by Crippen LogP contribution is -2.47. The normalized spacial score (nSPS) is 11.4. The second-order valence-electron chi connectivity index (χ2n) is 4.70. The fourth-order valence-corrected chi connectivity index (χ4v) is 2.21. The van der Waals surface area contributed by atoms with E-state index in [0.29, 0.717) is 6.42 Å². The maximum Gasteiger partial charge on any atom is 0.244 e. The standard InChI is InChI=1S/C16H16N4O2/c1-2-15(21)20-14(16(22)18-8-7-17)9-11-10-19-13-6-4-3-5-12(11)13/h2-6,10,14,19H,1,8-9H2,(H,18,22)(H,20,21). The molecule has 0 saturated heterocycles. The van der Waals surface area contributed by atoms with Crippen molar-refractivity contribution in [1.82, 2.24) is 15.6 Å². The van der Waals surface area contributed by atoms with Crippen LogP contribution >= 0.6 is 0 Å². The van der Waals surface area contributed by atoms with Crippen molar-refractivity contribution in [1.29, 1.82) is 5.26 Å². The van der Waals surface area contributed by atoms with Crippen LogP contribution in [0.25, 0.3) is 10.9 Å². The molecule has 0 radical (unpaired) electrons. The van der Waals surface area contributed by atoms with E-state index in [0.717, 1.165) is 22.5 Å². The lowest BCUT2D eigenvalue weighted by atomic mass is 10.0. The summed E-state index contributed by atoms with van der Waals surface area (Å²) in [5.41, 5.74) is 1.88. The Morgan fingerprint density at radius 3 is 2.91 bits per heavy atom. The van der Waals surface area contributed by atoms with E-state index in [1.54, 1.807) is 0 Å². The van der Waals surface area contributed by atoms with Crippen LogP contribution in [0.1, 0.15) is 5.56 Å². The molecular weight excluding hydrogens is 280 g/mol. The van der Waals surface area contributed by atoms with Crippen molar-refractivity contribution in [3.8, 4) is 6.07 Å². The molecule has 0 aliphatic heterocycles. The van der Waals surface area contributed by atoms with Crippen molar-refractivity contribution in [2.45, 2.75) is 12.5 Å². The summed E-state index contributed by atoms with van der Waals surface area (Å²) in [4.78, 5) is 26.7. The number of carbonyl (C=O) groups excluding carboxylic acids is 2. The first-order valence-corrected chi connectivity index (χ1v) is 6.78. The molecule has 2 amide bonds. The molecule has 1 heterocycles. The van der Waals surface area contributed by atoms with Crippen molar-refractivity contribution >= 4 is 22.7 Å². The molecule has 0 bridgehead atoms. The number of para-hydroxylation sites is 1. The van der Waals surface area contributed by atoms with E-state index in [2.05, 4.69) is 22.2 Å². The summed E-state index contributed by atoms with van der Waals surface area (Å²) in [6.45, 7) is 3.28. The third kappa shape index (κ3) is 3.52. The maximum absolute atomic E-state index is 12.1. The Labute approximate surface area is 127 Å². The molecule has 1 aromatic carbocycles. The summed E-state index contributed by atoms with van der Waals surface area (Å²) >= 11 is 0. The van der Waals surface area contributed by atoms with Gasteiger partial charge >= 0.3 is 0 Å². The fourth-order valence-electron chi connectivity index (χ4n) is 2.21. The quantitative estimate of drug-likeness (QED) is 0.548. The Morgan fingerprint density at radius 2 is 2.18 bits per heavy atom. The van der Waals surface area contributed by atoms with Crippen molar-refractivity contribution in [3.05, 3.63) is 48.7 Å². The van der Waals surface area contributed by atoms with Gasteiger partial charge in [-0.2, -0.15) is 5.26 Å². The predicted octanol–water partition coefficient (Wildman–Crippen LogP) is 1.02. The SMILES string of the molecule is C=CC(=O)NC(Cc1c[nH]c2ccccc12)C(=O)NCC#N. The smallest absolute Gasteiger partial charge is 0.244 e. The number of H-pyrrole nitrogens is 1. The lowest BCUT2D eigenvalue weighted by molar-refractivity contribution is -0.126. The van der Waals surface area contributed by atoms with E-state index in [-0.39, 0.29) is 6.54 Å². The number of nitriles is 1. The minimum absolute atomic E-state index is 0.104. The molecule has 0 spiro atoms. The highest BCUT2D eigenvalue weighted by atomic mass is 16.2. The number of rotatable bonds is 6. The van der Waals surface area contributed by atoms with Crippen molar-refractivity contribution in [2.24, 2.45) is 0 Å². The monoisotopic (exact) mass is 296 g/mol. The number of amides is 2. The molecule has 0 aliphatic rings. The van der Waals surface area contributed by atoms with Gasteiger partial charge in [-0.3, -0.25) is 9.59 Å². The highest BCUT2D eigenvalue weighted by Crippen LogP contribution is 2.19. The Kier molecular flexibility index (Phi) is 4.94. The van der Waals surface area contributed by atoms with E-state index in [1.807, 2.05) is 36.5 Å². The van der Waals surface area contributed by atoms with Crippen LogP contribution in [-0.4, -0.2) is 29.4 Å². The van der Waals surface area contributed by atoms with Crippen molar-refractivity contribution in [2.75, 3.05) is 6.54 Å². The molecule has 112 valence electrons. The predicted molar refractivity (Wildman–Crippen MR) is 82.8 cm³/mol. The fraction of sp³-hybridized carbons (Fsp3) is 0.188. The number of hydrogen-bond donors (Lipinski definition) is 3. The van der Waals surface area contributed by atoms with Gasteiger partial charge in [-0.25, -0.2) is 0 Å². The van der Waals surface area contributed by atoms with Crippen LogP contribution in [0, 0.1) is 11.3 Å². The zero-order chi connectivity index (χ0) is 15.9. The zero-order valence-corrected chi connectivity index (χ0v) is 11.9. The van der Waals surface area contributed by atoms with E-state index < -0.39 is 17.9 Å². The summed E-state index contributed by atoms with van der Waals surface area (Å²) < 4.78 is 0. The number of hydrogen-bond acceptors (Lipinski definition) is 3. The average Bonchev–Trinajstić information content (AvgIpc) is 2.95. The molecule has 3 N–H and O–H groups in total. The second kappa shape index (κ2) is 7.09. The lowest BCUT2D eigenvalue weighted by Gasteiger charge is -2.16. The number of nitrogens with one attached hydrogen (secondary N) is 3. The largest absolute Gasteiger partial charge is 0.361 e. The Hall–Kier alpha value is -3.07. The molecule has 1 atom stereocenters. The number of benzene rings is 1. The second-order valence-corrected chi connectivity index (χ2v) is 4.70. The van der Waals surface area contributed by atoms with Gasteiger partial charge in [0, 0.05) is 23.5 Å². The van der Waals surface area contributed by atoms with Gasteiger partial charge in [-0.05, 0) is 17.7 Å². The van der Waals surface area contributed by atoms with Gasteiger partial charge in [0.05, 0.1) is 6.07 Å². The number of nitrogens with zero attached hydrogens (tertiary/aromatic N) is 1. The Balaban J connectivity index is 2.21. The van der Waals surface area contributed by atoms with Crippen LogP contribution in [0.3, 0.4) is 0 Å². The van der Waals surface area contributed by atoms with Crippen LogP contribution in [0.5, 0.6) is 0 Å². The van der Waals surface area contributed by atoms with Crippen LogP contribution in [0.15, 0.2) is 43.1 Å². The third-order valence-corrected chi connectivity index (χ3v) is 3.26. The van der Waals surface area contributed by atoms with E-state index in [4.69, 9.17) is 5.26 Å². The molecule has 0 fully saturated rings. The van der Waals surface area contributed by atoms with E-state index >= 15 is 0 Å². The topological polar surface area (TPSA) is 97.8 Å². The molecule has 2 aromatic rings. The molecule has 1 aromatic heterocycles. The maximum atomic E-state index is 12.1. The van der Waals surface area contributed by atoms with Gasteiger partial charge in [0.25, 0.3) is 0 Å². The molecule has 22 heavy (non-hydrogen) atoms. The molecule has 0 saturated carbocycles. The molecular formula is C16H16N4O2. The van der Waals surface area contributed by atoms with E-state index in [1.165, 1.54) is 0 Å². The van der Waals surface area contributed by atoms with Gasteiger partial charge in [0.15, 0.2) is 0 Å². The molecule has 6 nitrogen and oxygen atoms in total. The first kappa shape index (κ1) is 15.3. The Bertz CT molecular complexity index is 742. The molecule has 6 heteroatoms. The van der Waals surface area contributed by atoms with Crippen molar-refractivity contribution in [3.63, 3.8) is 0 Å². The van der Waals surface area contributed by atoms with Gasteiger partial charge in [-0.1, -0.05) is 24.8 Å². The molecule has 2 rings (SSSR count). The van der Waals surface area contributed by atoms with E-state index in [9.17, 15) is 9.59 Å². The van der Waals surface area contributed by atoms with Crippen LogP contribution in [0.4, 0.5) is 0 Å². The first-order valence-electron chi connectivity index (χ1n) is 6.78. The van der Waals surface area contributed by atoms with Crippen LogP contribution in [-0.2, 0) is 16.0 Å². The summed E-state index contributed by atoms with van der Waals surface area (Å²) in [5, 5.41) is 14.6. The highest BCUT2D eigenvalue weighted by molar-refractivity contribution is 5.93. The molecule has 0 aliphatic carbocycles. The highest BCUT2D eigenvalue weighted by Gasteiger charge is 2.21. The number of carbonyl (C=O) groups is 2. The summed E-state index contributed by atoms with van der Waals surface area (Å²) in [7, 11) is 0. The summed E-state index contributed by atoms with van der Waals surface area (Å²) in [6.07, 6.45) is 3.25. The zero-order valence-electron chi connectivity index (χ0n) is 11.9. The Morgan fingerprint density at radius 1 is 1.41 bits per heavy atom. The third-order valence-electron chi connectivity index (χ3n) is 3.26. The van der Waals surface area contributed by atoms with Gasteiger partial charge in [-0.15, -0.1) is 0 Å². The summed E-state index contributed by atoms with van der Waals surface area (Å²) in [5.74, 6) is -0.834. The number of fused-ring (bicyclic) bond motifs is 1. The first-order chi connectivity index (χ1) is 10.7. The van der Waals surface area contributed by atoms with Gasteiger partial charge in [0.2, 0.25) is 11.8 Å². The minimum Gasteiger partial charge on any atom is -0.361 e. The molecule has 1 unspecified atom stereocenters. The van der Waals surface area contributed by atoms with Gasteiger partial charge < -0.3 is 15.6 Å². The van der Waals surface area contributed by atoms with Gasteiger partial charge in [0.1, 0.15) is 12.6 Å². The number of aromatic amines is 1.